The van der Waals surface area contributed by atoms with Crippen LogP contribution in [-0.2, 0) is 12.2 Å². The molecule has 0 spiro atoms. The van der Waals surface area contributed by atoms with Gasteiger partial charge in [-0.25, -0.2) is 0 Å². The van der Waals surface area contributed by atoms with Crippen molar-refractivity contribution >= 4 is 23.1 Å². The molecule has 82 valence electrons. The fraction of sp³-hybridized carbons (Fsp3) is 0.500. The summed E-state index contributed by atoms with van der Waals surface area (Å²) in [6.45, 7) is 7.03. The molecule has 1 aromatic heterocycles. The van der Waals surface area contributed by atoms with E-state index in [1.54, 1.807) is 10.4 Å². The van der Waals surface area contributed by atoms with E-state index in [4.69, 9.17) is 0 Å². The lowest BCUT2D eigenvalue weighted by Crippen LogP contribution is -2.17. The Balaban J connectivity index is 2.20. The van der Waals surface area contributed by atoms with Crippen LogP contribution in [0.1, 0.15) is 28.3 Å². The Morgan fingerprint density at radius 3 is 3.20 bits per heavy atom. The van der Waals surface area contributed by atoms with E-state index in [0.717, 1.165) is 6.54 Å². The predicted molar refractivity (Wildman–Crippen MR) is 70.8 cm³/mol. The molecule has 1 aromatic rings. The van der Waals surface area contributed by atoms with Gasteiger partial charge in [0, 0.05) is 15.5 Å². The summed E-state index contributed by atoms with van der Waals surface area (Å²) >= 11 is 4.00. The summed E-state index contributed by atoms with van der Waals surface area (Å²) in [4.78, 5) is 3.02. The van der Waals surface area contributed by atoms with Crippen molar-refractivity contribution in [2.45, 2.75) is 25.1 Å². The van der Waals surface area contributed by atoms with E-state index in [1.807, 2.05) is 29.2 Å². The van der Waals surface area contributed by atoms with Crippen LogP contribution in [0.3, 0.4) is 0 Å². The van der Waals surface area contributed by atoms with E-state index >= 15 is 0 Å². The molecule has 2 rings (SSSR count). The lowest BCUT2D eigenvalue weighted by molar-refractivity contribution is 0.658. The molecule has 2 heterocycles. The van der Waals surface area contributed by atoms with Gasteiger partial charge in [-0.15, -0.1) is 17.9 Å². The van der Waals surface area contributed by atoms with Crippen LogP contribution in [0.5, 0.6) is 0 Å². The fourth-order valence-corrected chi connectivity index (χ4v) is 4.29. The molecule has 15 heavy (non-hydrogen) atoms. The number of nitrogens with one attached hydrogen (secondary N) is 1. The Bertz CT molecular complexity index is 320. The summed E-state index contributed by atoms with van der Waals surface area (Å²) in [6, 6.07) is 2.71. The van der Waals surface area contributed by atoms with Crippen LogP contribution in [0.25, 0.3) is 0 Å². The highest BCUT2D eigenvalue weighted by Crippen LogP contribution is 2.34. The second-order valence-corrected chi connectivity index (χ2v) is 5.94. The molecule has 0 radical (unpaired) electrons. The monoisotopic (exact) mass is 239 g/mol. The van der Waals surface area contributed by atoms with Gasteiger partial charge >= 0.3 is 0 Å². The van der Waals surface area contributed by atoms with Crippen molar-refractivity contribution in [3.8, 4) is 0 Å². The summed E-state index contributed by atoms with van der Waals surface area (Å²) in [6.07, 6.45) is 3.26. The average molecular weight is 239 g/mol. The lowest BCUT2D eigenvalue weighted by Gasteiger charge is -2.10. The first-order valence-electron chi connectivity index (χ1n) is 5.40. The molecule has 3 heteroatoms. The zero-order valence-electron chi connectivity index (χ0n) is 9.08. The summed E-state index contributed by atoms with van der Waals surface area (Å²) in [5, 5.41) is 3.44. The van der Waals surface area contributed by atoms with E-state index in [1.165, 1.54) is 22.8 Å². The first-order valence-corrected chi connectivity index (χ1v) is 7.37. The molecule has 1 nitrogen and oxygen atoms in total. The Labute approximate surface area is 100.0 Å². The molecule has 0 aliphatic carbocycles. The van der Waals surface area contributed by atoms with Gasteiger partial charge in [-0.2, -0.15) is 11.8 Å². The van der Waals surface area contributed by atoms with Crippen molar-refractivity contribution in [2.24, 2.45) is 0 Å². The molecule has 0 fully saturated rings. The minimum absolute atomic E-state index is 0.343. The molecule has 0 bridgehead atoms. The topological polar surface area (TPSA) is 12.0 Å². The van der Waals surface area contributed by atoms with Crippen LogP contribution in [0.4, 0.5) is 0 Å². The average Bonchev–Trinajstić information content (AvgIpc) is 2.69. The SMILES string of the molecule is C=CC(NCC)c1cc2c(s1)CCSC2. The van der Waals surface area contributed by atoms with Crippen LogP contribution >= 0.6 is 23.1 Å². The van der Waals surface area contributed by atoms with Crippen molar-refractivity contribution in [2.75, 3.05) is 12.3 Å². The number of rotatable bonds is 4. The third-order valence-electron chi connectivity index (χ3n) is 2.61. The molecule has 1 atom stereocenters. The zero-order chi connectivity index (χ0) is 10.7. The largest absolute Gasteiger partial charge is 0.306 e. The van der Waals surface area contributed by atoms with Crippen molar-refractivity contribution in [1.29, 1.82) is 0 Å². The number of thiophene rings is 1. The van der Waals surface area contributed by atoms with E-state index in [0.29, 0.717) is 6.04 Å². The maximum absolute atomic E-state index is 3.90. The summed E-state index contributed by atoms with van der Waals surface area (Å²) < 4.78 is 0. The van der Waals surface area contributed by atoms with Gasteiger partial charge in [-0.1, -0.05) is 13.0 Å². The second-order valence-electron chi connectivity index (χ2n) is 3.67. The van der Waals surface area contributed by atoms with E-state index in [-0.39, 0.29) is 0 Å². The predicted octanol–water partition coefficient (Wildman–Crippen LogP) is 3.37. The lowest BCUT2D eigenvalue weighted by atomic mass is 10.2. The Morgan fingerprint density at radius 1 is 1.67 bits per heavy atom. The van der Waals surface area contributed by atoms with Crippen LogP contribution in [0.15, 0.2) is 18.7 Å². The van der Waals surface area contributed by atoms with Crippen molar-refractivity contribution in [3.63, 3.8) is 0 Å². The maximum Gasteiger partial charge on any atom is 0.0598 e. The van der Waals surface area contributed by atoms with Crippen LogP contribution in [0, 0.1) is 0 Å². The van der Waals surface area contributed by atoms with Crippen LogP contribution < -0.4 is 5.32 Å². The van der Waals surface area contributed by atoms with Crippen molar-refractivity contribution < 1.29 is 0 Å². The fourth-order valence-electron chi connectivity index (χ4n) is 1.84. The number of fused-ring (bicyclic) bond motifs is 1. The molecule has 1 N–H and O–H groups in total. The van der Waals surface area contributed by atoms with Crippen LogP contribution in [-0.4, -0.2) is 12.3 Å². The van der Waals surface area contributed by atoms with Crippen molar-refractivity contribution in [3.05, 3.63) is 34.0 Å². The molecule has 1 unspecified atom stereocenters. The molecule has 0 saturated heterocycles. The summed E-state index contributed by atoms with van der Waals surface area (Å²) in [7, 11) is 0. The Kier molecular flexibility index (Phi) is 3.89. The zero-order valence-corrected chi connectivity index (χ0v) is 10.7. The quantitative estimate of drug-likeness (QED) is 0.809. The van der Waals surface area contributed by atoms with Gasteiger partial charge in [-0.05, 0) is 30.3 Å². The van der Waals surface area contributed by atoms with Gasteiger partial charge in [-0.3, -0.25) is 0 Å². The minimum atomic E-state index is 0.343. The smallest absolute Gasteiger partial charge is 0.0598 e. The van der Waals surface area contributed by atoms with Gasteiger partial charge in [0.1, 0.15) is 0 Å². The minimum Gasteiger partial charge on any atom is -0.306 e. The maximum atomic E-state index is 3.90. The number of likely N-dealkylation sites (N-methyl/N-ethyl adjacent to an activating group) is 1. The highest BCUT2D eigenvalue weighted by molar-refractivity contribution is 7.98. The van der Waals surface area contributed by atoms with Gasteiger partial charge in [0.25, 0.3) is 0 Å². The van der Waals surface area contributed by atoms with Gasteiger partial charge in [0.15, 0.2) is 0 Å². The first-order chi connectivity index (χ1) is 7.35. The molecule has 0 aromatic carbocycles. The third-order valence-corrected chi connectivity index (χ3v) is 4.94. The van der Waals surface area contributed by atoms with Gasteiger partial charge < -0.3 is 5.32 Å². The normalized spacial score (nSPS) is 17.1. The van der Waals surface area contributed by atoms with Crippen molar-refractivity contribution in [1.82, 2.24) is 5.32 Å². The van der Waals surface area contributed by atoms with Gasteiger partial charge in [0.05, 0.1) is 6.04 Å². The highest BCUT2D eigenvalue weighted by atomic mass is 32.2. The van der Waals surface area contributed by atoms with E-state index < -0.39 is 0 Å². The first kappa shape index (κ1) is 11.2. The second kappa shape index (κ2) is 5.19. The standard InChI is InChI=1S/C12H17NS2/c1-3-10(13-4-2)12-7-9-8-14-6-5-11(9)15-12/h3,7,10,13H,1,4-6,8H2,2H3. The molecular formula is C12H17NS2. The number of thioether (sulfide) groups is 1. The summed E-state index contributed by atoms with van der Waals surface area (Å²) in [5.74, 6) is 2.48. The van der Waals surface area contributed by atoms with Crippen LogP contribution in [0.2, 0.25) is 0 Å². The third kappa shape index (κ3) is 2.47. The van der Waals surface area contributed by atoms with Gasteiger partial charge in [0.2, 0.25) is 0 Å². The number of aryl methyl sites for hydroxylation is 1. The highest BCUT2D eigenvalue weighted by Gasteiger charge is 2.16. The molecule has 1 aliphatic heterocycles. The summed E-state index contributed by atoms with van der Waals surface area (Å²) in [5.41, 5.74) is 1.55. The Morgan fingerprint density at radius 2 is 2.53 bits per heavy atom. The number of hydrogen-bond acceptors (Lipinski definition) is 3. The molecular weight excluding hydrogens is 222 g/mol. The Hall–Kier alpha value is -0.250. The molecule has 0 amide bonds. The number of hydrogen-bond donors (Lipinski definition) is 1. The van der Waals surface area contributed by atoms with E-state index in [9.17, 15) is 0 Å². The molecule has 0 saturated carbocycles. The molecule has 1 aliphatic rings. The van der Waals surface area contributed by atoms with E-state index in [2.05, 4.69) is 24.9 Å².